The molecule has 3 heteroatoms. The SMILES string of the molecule is CC(C)CN1CCC[C@H](COc2ccccc2OCc2ccccc2)C1. The van der Waals surface area contributed by atoms with Crippen molar-refractivity contribution in [2.45, 2.75) is 33.3 Å². The maximum atomic E-state index is 6.17. The van der Waals surface area contributed by atoms with Gasteiger partial charge in [0.1, 0.15) is 6.61 Å². The summed E-state index contributed by atoms with van der Waals surface area (Å²) in [5.74, 6) is 3.00. The number of likely N-dealkylation sites (tertiary alicyclic amines) is 1. The number of ether oxygens (including phenoxy) is 2. The van der Waals surface area contributed by atoms with Crippen LogP contribution in [-0.2, 0) is 6.61 Å². The summed E-state index contributed by atoms with van der Waals surface area (Å²) >= 11 is 0. The molecule has 0 amide bonds. The summed E-state index contributed by atoms with van der Waals surface area (Å²) in [4.78, 5) is 2.58. The van der Waals surface area contributed by atoms with Crippen LogP contribution in [0.25, 0.3) is 0 Å². The molecule has 3 rings (SSSR count). The number of rotatable bonds is 8. The molecule has 2 aromatic rings. The lowest BCUT2D eigenvalue weighted by Crippen LogP contribution is -2.39. The summed E-state index contributed by atoms with van der Waals surface area (Å²) in [6.07, 6.45) is 2.52. The Balaban J connectivity index is 1.53. The van der Waals surface area contributed by atoms with Crippen molar-refractivity contribution in [1.82, 2.24) is 4.90 Å². The van der Waals surface area contributed by atoms with Crippen LogP contribution < -0.4 is 9.47 Å². The van der Waals surface area contributed by atoms with Gasteiger partial charge in [-0.1, -0.05) is 56.3 Å². The van der Waals surface area contributed by atoms with Gasteiger partial charge in [-0.2, -0.15) is 0 Å². The fourth-order valence-electron chi connectivity index (χ4n) is 3.60. The first kappa shape index (κ1) is 18.8. The summed E-state index contributed by atoms with van der Waals surface area (Å²) in [5.41, 5.74) is 1.17. The lowest BCUT2D eigenvalue weighted by Gasteiger charge is -2.33. The number of hydrogen-bond donors (Lipinski definition) is 0. The summed E-state index contributed by atoms with van der Waals surface area (Å²) in [6, 6.07) is 18.3. The van der Waals surface area contributed by atoms with Crippen LogP contribution >= 0.6 is 0 Å². The minimum Gasteiger partial charge on any atom is -0.489 e. The molecule has 1 heterocycles. The summed E-state index contributed by atoms with van der Waals surface area (Å²) in [7, 11) is 0. The van der Waals surface area contributed by atoms with E-state index >= 15 is 0 Å². The zero-order valence-corrected chi connectivity index (χ0v) is 16.1. The Morgan fingerprint density at radius 2 is 1.65 bits per heavy atom. The van der Waals surface area contributed by atoms with Gasteiger partial charge in [-0.3, -0.25) is 0 Å². The molecule has 0 aromatic heterocycles. The van der Waals surface area contributed by atoms with Crippen LogP contribution in [0.5, 0.6) is 11.5 Å². The van der Waals surface area contributed by atoms with Crippen molar-refractivity contribution in [1.29, 1.82) is 0 Å². The van der Waals surface area contributed by atoms with E-state index in [9.17, 15) is 0 Å². The monoisotopic (exact) mass is 353 g/mol. The van der Waals surface area contributed by atoms with E-state index in [1.807, 2.05) is 42.5 Å². The van der Waals surface area contributed by atoms with Crippen LogP contribution in [0.4, 0.5) is 0 Å². The largest absolute Gasteiger partial charge is 0.489 e. The van der Waals surface area contributed by atoms with Crippen molar-refractivity contribution >= 4 is 0 Å². The van der Waals surface area contributed by atoms with Crippen molar-refractivity contribution in [3.8, 4) is 11.5 Å². The number of benzene rings is 2. The van der Waals surface area contributed by atoms with Crippen LogP contribution in [0.2, 0.25) is 0 Å². The lowest BCUT2D eigenvalue weighted by atomic mass is 9.98. The van der Waals surface area contributed by atoms with E-state index in [2.05, 4.69) is 30.9 Å². The lowest BCUT2D eigenvalue weighted by molar-refractivity contribution is 0.118. The van der Waals surface area contributed by atoms with Gasteiger partial charge in [0.25, 0.3) is 0 Å². The van der Waals surface area contributed by atoms with Crippen LogP contribution in [-0.4, -0.2) is 31.1 Å². The molecule has 3 nitrogen and oxygen atoms in total. The first-order chi connectivity index (χ1) is 12.7. The highest BCUT2D eigenvalue weighted by molar-refractivity contribution is 5.39. The van der Waals surface area contributed by atoms with E-state index in [0.717, 1.165) is 30.6 Å². The molecule has 140 valence electrons. The van der Waals surface area contributed by atoms with Gasteiger partial charge in [-0.05, 0) is 43.0 Å². The van der Waals surface area contributed by atoms with Crippen molar-refractivity contribution in [2.24, 2.45) is 11.8 Å². The highest BCUT2D eigenvalue weighted by Gasteiger charge is 2.21. The Hall–Kier alpha value is -2.00. The number of nitrogens with zero attached hydrogens (tertiary/aromatic N) is 1. The summed E-state index contributed by atoms with van der Waals surface area (Å²) in [5, 5.41) is 0. The van der Waals surface area contributed by atoms with Gasteiger partial charge in [0, 0.05) is 19.0 Å². The maximum Gasteiger partial charge on any atom is 0.161 e. The molecule has 1 aliphatic rings. The minimum absolute atomic E-state index is 0.562. The number of piperidine rings is 1. The molecule has 1 fully saturated rings. The molecular formula is C23H31NO2. The second-order valence-corrected chi connectivity index (χ2v) is 7.69. The second-order valence-electron chi connectivity index (χ2n) is 7.69. The second kappa shape index (κ2) is 9.63. The Bertz CT molecular complexity index is 656. The average Bonchev–Trinajstić information content (AvgIpc) is 2.66. The van der Waals surface area contributed by atoms with E-state index < -0.39 is 0 Å². The highest BCUT2D eigenvalue weighted by Crippen LogP contribution is 2.28. The van der Waals surface area contributed by atoms with E-state index in [-0.39, 0.29) is 0 Å². The molecule has 1 saturated heterocycles. The fourth-order valence-corrected chi connectivity index (χ4v) is 3.60. The molecular weight excluding hydrogens is 322 g/mol. The van der Waals surface area contributed by atoms with Crippen LogP contribution in [0.15, 0.2) is 54.6 Å². The van der Waals surface area contributed by atoms with Crippen molar-refractivity contribution in [3.05, 3.63) is 60.2 Å². The minimum atomic E-state index is 0.562. The topological polar surface area (TPSA) is 21.7 Å². The molecule has 2 aromatic carbocycles. The Kier molecular flexibility index (Phi) is 6.96. The molecule has 0 aliphatic carbocycles. The fraction of sp³-hybridized carbons (Fsp3) is 0.478. The molecule has 0 unspecified atom stereocenters. The van der Waals surface area contributed by atoms with Crippen molar-refractivity contribution in [2.75, 3.05) is 26.2 Å². The third kappa shape index (κ3) is 5.77. The van der Waals surface area contributed by atoms with Gasteiger partial charge in [-0.25, -0.2) is 0 Å². The summed E-state index contributed by atoms with van der Waals surface area (Å²) in [6.45, 7) is 9.47. The molecule has 1 atom stereocenters. The predicted octanol–water partition coefficient (Wildman–Crippen LogP) is 5.01. The molecule has 0 saturated carbocycles. The van der Waals surface area contributed by atoms with Crippen LogP contribution in [0, 0.1) is 11.8 Å². The van der Waals surface area contributed by atoms with Gasteiger partial charge in [0.2, 0.25) is 0 Å². The molecule has 1 aliphatic heterocycles. The standard InChI is InChI=1S/C23H31NO2/c1-19(2)15-24-14-8-11-21(16-24)18-26-23-13-7-6-12-22(23)25-17-20-9-4-3-5-10-20/h3-7,9-10,12-13,19,21H,8,11,14-18H2,1-2H3/t21-/m0/s1. The van der Waals surface area contributed by atoms with E-state index in [0.29, 0.717) is 12.5 Å². The third-order valence-corrected chi connectivity index (χ3v) is 4.79. The zero-order chi connectivity index (χ0) is 18.2. The average molecular weight is 354 g/mol. The van der Waals surface area contributed by atoms with Gasteiger partial charge in [0.05, 0.1) is 6.61 Å². The molecule has 0 N–H and O–H groups in total. The molecule has 0 spiro atoms. The van der Waals surface area contributed by atoms with Gasteiger partial charge in [0.15, 0.2) is 11.5 Å². The highest BCUT2D eigenvalue weighted by atomic mass is 16.5. The van der Waals surface area contributed by atoms with E-state index in [1.165, 1.54) is 31.5 Å². The van der Waals surface area contributed by atoms with E-state index in [1.54, 1.807) is 0 Å². The Labute approximate surface area is 157 Å². The zero-order valence-electron chi connectivity index (χ0n) is 16.1. The summed E-state index contributed by atoms with van der Waals surface area (Å²) < 4.78 is 12.2. The van der Waals surface area contributed by atoms with Crippen LogP contribution in [0.1, 0.15) is 32.3 Å². The predicted molar refractivity (Wildman–Crippen MR) is 107 cm³/mol. The van der Waals surface area contributed by atoms with Gasteiger partial charge < -0.3 is 14.4 Å². The third-order valence-electron chi connectivity index (χ3n) is 4.79. The number of para-hydroxylation sites is 2. The van der Waals surface area contributed by atoms with Gasteiger partial charge in [-0.15, -0.1) is 0 Å². The normalized spacial score (nSPS) is 18.0. The number of hydrogen-bond acceptors (Lipinski definition) is 3. The first-order valence-corrected chi connectivity index (χ1v) is 9.81. The van der Waals surface area contributed by atoms with Crippen molar-refractivity contribution < 1.29 is 9.47 Å². The maximum absolute atomic E-state index is 6.17. The first-order valence-electron chi connectivity index (χ1n) is 9.81. The van der Waals surface area contributed by atoms with Crippen molar-refractivity contribution in [3.63, 3.8) is 0 Å². The van der Waals surface area contributed by atoms with Gasteiger partial charge >= 0.3 is 0 Å². The quantitative estimate of drug-likeness (QED) is 0.666. The Morgan fingerprint density at radius 3 is 2.38 bits per heavy atom. The molecule has 0 bridgehead atoms. The van der Waals surface area contributed by atoms with E-state index in [4.69, 9.17) is 9.47 Å². The smallest absolute Gasteiger partial charge is 0.161 e. The van der Waals surface area contributed by atoms with Crippen LogP contribution in [0.3, 0.4) is 0 Å². The molecule has 26 heavy (non-hydrogen) atoms. The molecule has 0 radical (unpaired) electrons. The Morgan fingerprint density at radius 1 is 0.962 bits per heavy atom.